The molecule has 18 heavy (non-hydrogen) atoms. The molecular weight excluding hydrogens is 232 g/mol. The maximum atomic E-state index is 11.9. The predicted octanol–water partition coefficient (Wildman–Crippen LogP) is 1.31. The lowest BCUT2D eigenvalue weighted by molar-refractivity contribution is 0.0950. The van der Waals surface area contributed by atoms with Gasteiger partial charge >= 0.3 is 0 Å². The van der Waals surface area contributed by atoms with E-state index in [1.54, 1.807) is 26.4 Å². The van der Waals surface area contributed by atoms with E-state index < -0.39 is 0 Å². The second-order valence-corrected chi connectivity index (χ2v) is 4.11. The number of carbonyl (C=O) groups is 1. The zero-order chi connectivity index (χ0) is 13.0. The molecule has 2 heterocycles. The SMILES string of the molecule is Cc1noc(C)c1C(=O)NCCCn1ccnc1. The van der Waals surface area contributed by atoms with Crippen LogP contribution >= 0.6 is 0 Å². The fourth-order valence-corrected chi connectivity index (χ4v) is 1.78. The smallest absolute Gasteiger partial charge is 0.256 e. The number of amides is 1. The minimum absolute atomic E-state index is 0.128. The van der Waals surface area contributed by atoms with Crippen LogP contribution in [0.3, 0.4) is 0 Å². The van der Waals surface area contributed by atoms with Crippen LogP contribution in [0.2, 0.25) is 0 Å². The van der Waals surface area contributed by atoms with Crippen LogP contribution in [0, 0.1) is 13.8 Å². The molecule has 0 unspecified atom stereocenters. The van der Waals surface area contributed by atoms with E-state index in [9.17, 15) is 4.79 Å². The second-order valence-electron chi connectivity index (χ2n) is 4.11. The molecule has 0 saturated carbocycles. The molecule has 6 heteroatoms. The Morgan fingerprint density at radius 2 is 2.33 bits per heavy atom. The van der Waals surface area contributed by atoms with Gasteiger partial charge in [-0.3, -0.25) is 4.79 Å². The first-order valence-corrected chi connectivity index (χ1v) is 5.85. The molecule has 2 rings (SSSR count). The Hall–Kier alpha value is -2.11. The minimum Gasteiger partial charge on any atom is -0.361 e. The quantitative estimate of drug-likeness (QED) is 0.810. The molecule has 0 aliphatic rings. The Balaban J connectivity index is 1.79. The van der Waals surface area contributed by atoms with Crippen molar-refractivity contribution in [2.24, 2.45) is 0 Å². The van der Waals surface area contributed by atoms with Crippen molar-refractivity contribution in [1.29, 1.82) is 0 Å². The van der Waals surface area contributed by atoms with Crippen molar-refractivity contribution >= 4 is 5.91 Å². The molecule has 0 aromatic carbocycles. The van der Waals surface area contributed by atoms with E-state index in [0.717, 1.165) is 13.0 Å². The van der Waals surface area contributed by atoms with E-state index in [4.69, 9.17) is 4.52 Å². The number of carbonyl (C=O) groups excluding carboxylic acids is 1. The Morgan fingerprint density at radius 1 is 1.50 bits per heavy atom. The highest BCUT2D eigenvalue weighted by molar-refractivity contribution is 5.96. The van der Waals surface area contributed by atoms with E-state index in [2.05, 4.69) is 15.5 Å². The number of hydrogen-bond acceptors (Lipinski definition) is 4. The first kappa shape index (κ1) is 12.3. The molecule has 0 fully saturated rings. The third-order valence-electron chi connectivity index (χ3n) is 2.70. The first-order chi connectivity index (χ1) is 8.68. The molecule has 2 aromatic rings. The average Bonchev–Trinajstić information content (AvgIpc) is 2.95. The van der Waals surface area contributed by atoms with Crippen LogP contribution in [0.25, 0.3) is 0 Å². The van der Waals surface area contributed by atoms with Gasteiger partial charge in [0.05, 0.1) is 12.0 Å². The molecule has 0 radical (unpaired) electrons. The number of aromatic nitrogens is 3. The Bertz CT molecular complexity index is 497. The van der Waals surface area contributed by atoms with Crippen LogP contribution in [0.4, 0.5) is 0 Å². The molecule has 96 valence electrons. The fourth-order valence-electron chi connectivity index (χ4n) is 1.78. The van der Waals surface area contributed by atoms with E-state index in [-0.39, 0.29) is 5.91 Å². The summed E-state index contributed by atoms with van der Waals surface area (Å²) in [4.78, 5) is 15.8. The maximum absolute atomic E-state index is 11.9. The van der Waals surface area contributed by atoms with Gasteiger partial charge in [-0.15, -0.1) is 0 Å². The molecule has 0 bridgehead atoms. The van der Waals surface area contributed by atoms with E-state index >= 15 is 0 Å². The monoisotopic (exact) mass is 248 g/mol. The van der Waals surface area contributed by atoms with Crippen LogP contribution in [0.1, 0.15) is 28.2 Å². The Kier molecular flexibility index (Phi) is 3.76. The number of nitrogens with zero attached hydrogens (tertiary/aromatic N) is 3. The topological polar surface area (TPSA) is 73.0 Å². The number of rotatable bonds is 5. The van der Waals surface area contributed by atoms with Crippen molar-refractivity contribution in [2.75, 3.05) is 6.54 Å². The summed E-state index contributed by atoms with van der Waals surface area (Å²) in [7, 11) is 0. The lowest BCUT2D eigenvalue weighted by Gasteiger charge is -2.05. The van der Waals surface area contributed by atoms with E-state index in [0.29, 0.717) is 23.6 Å². The van der Waals surface area contributed by atoms with Crippen molar-refractivity contribution in [3.8, 4) is 0 Å². The summed E-state index contributed by atoms with van der Waals surface area (Å²) < 4.78 is 6.93. The standard InChI is InChI=1S/C12H16N4O2/c1-9-11(10(2)18-15-9)12(17)14-4-3-6-16-7-5-13-8-16/h5,7-8H,3-4,6H2,1-2H3,(H,14,17). The van der Waals surface area contributed by atoms with Gasteiger partial charge in [-0.25, -0.2) is 4.98 Å². The third-order valence-corrected chi connectivity index (χ3v) is 2.70. The van der Waals surface area contributed by atoms with Gasteiger partial charge in [-0.1, -0.05) is 5.16 Å². The van der Waals surface area contributed by atoms with Gasteiger partial charge in [0, 0.05) is 25.5 Å². The summed E-state index contributed by atoms with van der Waals surface area (Å²) in [6, 6.07) is 0. The molecule has 1 amide bonds. The van der Waals surface area contributed by atoms with Crippen LogP contribution in [-0.2, 0) is 6.54 Å². The first-order valence-electron chi connectivity index (χ1n) is 5.85. The summed E-state index contributed by atoms with van der Waals surface area (Å²) >= 11 is 0. The van der Waals surface area contributed by atoms with Crippen LogP contribution in [0.15, 0.2) is 23.2 Å². The van der Waals surface area contributed by atoms with Gasteiger partial charge in [0.1, 0.15) is 11.3 Å². The van der Waals surface area contributed by atoms with E-state index in [1.165, 1.54) is 0 Å². The van der Waals surface area contributed by atoms with Crippen molar-refractivity contribution in [3.63, 3.8) is 0 Å². The van der Waals surface area contributed by atoms with Crippen LogP contribution < -0.4 is 5.32 Å². The normalized spacial score (nSPS) is 10.6. The van der Waals surface area contributed by atoms with Crippen molar-refractivity contribution in [2.45, 2.75) is 26.8 Å². The lowest BCUT2D eigenvalue weighted by atomic mass is 10.2. The molecule has 2 aromatic heterocycles. The second kappa shape index (κ2) is 5.48. The average molecular weight is 248 g/mol. The number of nitrogens with one attached hydrogen (secondary N) is 1. The fraction of sp³-hybridized carbons (Fsp3) is 0.417. The van der Waals surface area contributed by atoms with Crippen LogP contribution in [0.5, 0.6) is 0 Å². The van der Waals surface area contributed by atoms with Gasteiger partial charge < -0.3 is 14.4 Å². The largest absolute Gasteiger partial charge is 0.361 e. The number of aryl methyl sites for hydroxylation is 3. The molecule has 0 aliphatic carbocycles. The molecule has 0 saturated heterocycles. The highest BCUT2D eigenvalue weighted by atomic mass is 16.5. The molecule has 0 aliphatic heterocycles. The minimum atomic E-state index is -0.128. The maximum Gasteiger partial charge on any atom is 0.256 e. The van der Waals surface area contributed by atoms with Crippen molar-refractivity contribution in [3.05, 3.63) is 35.7 Å². The van der Waals surface area contributed by atoms with Crippen molar-refractivity contribution in [1.82, 2.24) is 20.0 Å². The molecule has 6 nitrogen and oxygen atoms in total. The third kappa shape index (κ3) is 2.77. The molecule has 1 N–H and O–H groups in total. The highest BCUT2D eigenvalue weighted by Gasteiger charge is 2.16. The Labute approximate surface area is 105 Å². The zero-order valence-corrected chi connectivity index (χ0v) is 10.5. The summed E-state index contributed by atoms with van der Waals surface area (Å²) in [5, 5.41) is 6.61. The number of imidazole rings is 1. The summed E-state index contributed by atoms with van der Waals surface area (Å²) in [6.45, 7) is 4.94. The zero-order valence-electron chi connectivity index (χ0n) is 10.5. The molecule has 0 atom stereocenters. The van der Waals surface area contributed by atoms with Gasteiger partial charge in [0.2, 0.25) is 0 Å². The summed E-state index contributed by atoms with van der Waals surface area (Å²) in [5.74, 6) is 0.427. The lowest BCUT2D eigenvalue weighted by Crippen LogP contribution is -2.26. The predicted molar refractivity (Wildman–Crippen MR) is 65.2 cm³/mol. The van der Waals surface area contributed by atoms with Crippen molar-refractivity contribution < 1.29 is 9.32 Å². The summed E-state index contributed by atoms with van der Waals surface area (Å²) in [6.07, 6.45) is 6.25. The van der Waals surface area contributed by atoms with Gasteiger partial charge in [0.25, 0.3) is 5.91 Å². The van der Waals surface area contributed by atoms with E-state index in [1.807, 2.05) is 10.8 Å². The van der Waals surface area contributed by atoms with Gasteiger partial charge in [-0.2, -0.15) is 0 Å². The van der Waals surface area contributed by atoms with Crippen LogP contribution in [-0.4, -0.2) is 27.2 Å². The molecular formula is C12H16N4O2. The van der Waals surface area contributed by atoms with Gasteiger partial charge in [0.15, 0.2) is 0 Å². The molecule has 0 spiro atoms. The summed E-state index contributed by atoms with van der Waals surface area (Å²) in [5.41, 5.74) is 1.16. The number of hydrogen-bond donors (Lipinski definition) is 1. The van der Waals surface area contributed by atoms with Gasteiger partial charge in [-0.05, 0) is 20.3 Å². The Morgan fingerprint density at radius 3 is 2.94 bits per heavy atom. The highest BCUT2D eigenvalue weighted by Crippen LogP contribution is 2.11.